The third-order valence-electron chi connectivity index (χ3n) is 3.31. The average Bonchev–Trinajstić information content (AvgIpc) is 2.78. The third-order valence-corrected chi connectivity index (χ3v) is 3.31. The molecule has 0 aliphatic carbocycles. The Morgan fingerprint density at radius 1 is 1.33 bits per heavy atom. The zero-order chi connectivity index (χ0) is 13.0. The van der Waals surface area contributed by atoms with Gasteiger partial charge in [0.05, 0.1) is 12.2 Å². The van der Waals surface area contributed by atoms with Gasteiger partial charge in [-0.1, -0.05) is 0 Å². The van der Waals surface area contributed by atoms with Crippen LogP contribution in [0.5, 0.6) is 0 Å². The molecule has 6 nitrogen and oxygen atoms in total. The van der Waals surface area contributed by atoms with Gasteiger partial charge in [0.1, 0.15) is 0 Å². The lowest BCUT2D eigenvalue weighted by Gasteiger charge is -2.33. The van der Waals surface area contributed by atoms with Gasteiger partial charge in [-0.25, -0.2) is 0 Å². The monoisotopic (exact) mass is 252 g/mol. The highest BCUT2D eigenvalue weighted by Crippen LogP contribution is 2.08. The van der Waals surface area contributed by atoms with Crippen molar-refractivity contribution in [2.45, 2.75) is 20.0 Å². The Bertz CT molecular complexity index is 397. The Kier molecular flexibility index (Phi) is 4.33. The molecule has 0 aromatic carbocycles. The normalized spacial score (nSPS) is 18.1. The third kappa shape index (κ3) is 3.30. The van der Waals surface area contributed by atoms with Crippen molar-refractivity contribution in [2.75, 3.05) is 32.7 Å². The predicted octanol–water partition coefficient (Wildman–Crippen LogP) is 0.105. The summed E-state index contributed by atoms with van der Waals surface area (Å²) in [4.78, 5) is 15.0. The summed E-state index contributed by atoms with van der Waals surface area (Å²) in [5, 5.41) is 13.0. The molecule has 1 aromatic heterocycles. The standard InChI is InChI=1S/C12H20N4O2/c1-2-16-11(3-4-13-16)9-14-5-7-15(8-6-14)10-12(17)18/h3-4H,2,5-10H2,1H3,(H,17,18). The van der Waals surface area contributed by atoms with Gasteiger partial charge in [-0.15, -0.1) is 0 Å². The molecular formula is C12H20N4O2. The van der Waals surface area contributed by atoms with Crippen LogP contribution in [0.2, 0.25) is 0 Å². The van der Waals surface area contributed by atoms with E-state index in [4.69, 9.17) is 5.11 Å². The molecule has 1 N–H and O–H groups in total. The van der Waals surface area contributed by atoms with E-state index in [-0.39, 0.29) is 6.54 Å². The lowest BCUT2D eigenvalue weighted by molar-refractivity contribution is -0.138. The second-order valence-electron chi connectivity index (χ2n) is 4.58. The summed E-state index contributed by atoms with van der Waals surface area (Å²) >= 11 is 0. The van der Waals surface area contributed by atoms with Crippen LogP contribution < -0.4 is 0 Å². The summed E-state index contributed by atoms with van der Waals surface area (Å²) in [6.07, 6.45) is 1.83. The molecule has 100 valence electrons. The van der Waals surface area contributed by atoms with E-state index in [0.717, 1.165) is 39.3 Å². The van der Waals surface area contributed by atoms with Gasteiger partial charge in [-0.2, -0.15) is 5.10 Å². The van der Waals surface area contributed by atoms with Crippen LogP contribution in [0.25, 0.3) is 0 Å². The molecule has 18 heavy (non-hydrogen) atoms. The minimum Gasteiger partial charge on any atom is -0.480 e. The summed E-state index contributed by atoms with van der Waals surface area (Å²) in [5.41, 5.74) is 1.23. The van der Waals surface area contributed by atoms with Crippen molar-refractivity contribution >= 4 is 5.97 Å². The van der Waals surface area contributed by atoms with Crippen LogP contribution in [0.3, 0.4) is 0 Å². The zero-order valence-electron chi connectivity index (χ0n) is 10.7. The topological polar surface area (TPSA) is 61.6 Å². The van der Waals surface area contributed by atoms with E-state index in [1.807, 2.05) is 21.8 Å². The van der Waals surface area contributed by atoms with Crippen molar-refractivity contribution in [3.63, 3.8) is 0 Å². The van der Waals surface area contributed by atoms with Gasteiger partial charge in [-0.3, -0.25) is 19.3 Å². The smallest absolute Gasteiger partial charge is 0.317 e. The Morgan fingerprint density at radius 2 is 2.00 bits per heavy atom. The molecule has 0 unspecified atom stereocenters. The molecule has 1 fully saturated rings. The lowest BCUT2D eigenvalue weighted by Crippen LogP contribution is -2.47. The molecule has 1 aliphatic heterocycles. The molecule has 6 heteroatoms. The predicted molar refractivity (Wildman–Crippen MR) is 67.3 cm³/mol. The number of hydrogen-bond acceptors (Lipinski definition) is 4. The highest BCUT2D eigenvalue weighted by molar-refractivity contribution is 5.69. The van der Waals surface area contributed by atoms with Crippen molar-refractivity contribution < 1.29 is 9.90 Å². The molecule has 2 heterocycles. The Morgan fingerprint density at radius 3 is 2.61 bits per heavy atom. The number of aromatic nitrogens is 2. The molecule has 1 saturated heterocycles. The number of carboxylic acids is 1. The van der Waals surface area contributed by atoms with Crippen molar-refractivity contribution in [3.05, 3.63) is 18.0 Å². The Labute approximate surface area is 107 Å². The van der Waals surface area contributed by atoms with Crippen molar-refractivity contribution in [1.82, 2.24) is 19.6 Å². The van der Waals surface area contributed by atoms with Gasteiger partial charge in [0.25, 0.3) is 0 Å². The number of nitrogens with zero attached hydrogens (tertiary/aromatic N) is 4. The summed E-state index contributed by atoms with van der Waals surface area (Å²) in [6, 6.07) is 2.05. The molecule has 1 aromatic rings. The molecular weight excluding hydrogens is 232 g/mol. The van der Waals surface area contributed by atoms with Gasteiger partial charge < -0.3 is 5.11 Å². The fraction of sp³-hybridized carbons (Fsp3) is 0.667. The first kappa shape index (κ1) is 13.0. The lowest BCUT2D eigenvalue weighted by atomic mass is 10.3. The zero-order valence-corrected chi connectivity index (χ0v) is 10.7. The highest BCUT2D eigenvalue weighted by atomic mass is 16.4. The summed E-state index contributed by atoms with van der Waals surface area (Å²) in [5.74, 6) is -0.743. The number of carbonyl (C=O) groups is 1. The van der Waals surface area contributed by atoms with Crippen LogP contribution in [-0.2, 0) is 17.9 Å². The van der Waals surface area contributed by atoms with Crippen molar-refractivity contribution in [3.8, 4) is 0 Å². The van der Waals surface area contributed by atoms with Crippen molar-refractivity contribution in [1.29, 1.82) is 0 Å². The number of aryl methyl sites for hydroxylation is 1. The summed E-state index contributed by atoms with van der Waals surface area (Å²) in [7, 11) is 0. The first-order valence-corrected chi connectivity index (χ1v) is 6.36. The number of rotatable bonds is 5. The van der Waals surface area contributed by atoms with Crippen LogP contribution in [0.4, 0.5) is 0 Å². The van der Waals surface area contributed by atoms with E-state index in [2.05, 4.69) is 16.9 Å². The minimum atomic E-state index is -0.743. The van der Waals surface area contributed by atoms with Crippen LogP contribution in [0.15, 0.2) is 12.3 Å². The second kappa shape index (κ2) is 5.97. The van der Waals surface area contributed by atoms with E-state index < -0.39 is 5.97 Å². The molecule has 0 radical (unpaired) electrons. The van der Waals surface area contributed by atoms with Crippen LogP contribution >= 0.6 is 0 Å². The summed E-state index contributed by atoms with van der Waals surface area (Å²) < 4.78 is 2.00. The fourth-order valence-corrected chi connectivity index (χ4v) is 2.31. The van der Waals surface area contributed by atoms with Gasteiger partial charge in [-0.05, 0) is 13.0 Å². The van der Waals surface area contributed by atoms with Gasteiger partial charge in [0, 0.05) is 45.5 Å². The van der Waals surface area contributed by atoms with E-state index in [9.17, 15) is 4.79 Å². The number of carboxylic acid groups (broad SMARTS) is 1. The van der Waals surface area contributed by atoms with Crippen LogP contribution in [-0.4, -0.2) is 63.4 Å². The van der Waals surface area contributed by atoms with E-state index in [1.54, 1.807) is 0 Å². The molecule has 2 rings (SSSR count). The van der Waals surface area contributed by atoms with Gasteiger partial charge in [0.15, 0.2) is 0 Å². The molecule has 1 aliphatic rings. The van der Waals surface area contributed by atoms with E-state index >= 15 is 0 Å². The molecule has 0 saturated carbocycles. The molecule has 0 bridgehead atoms. The molecule has 0 amide bonds. The molecule has 0 spiro atoms. The first-order chi connectivity index (χ1) is 8.69. The Balaban J connectivity index is 1.81. The van der Waals surface area contributed by atoms with Crippen LogP contribution in [0.1, 0.15) is 12.6 Å². The number of aliphatic carboxylic acids is 1. The second-order valence-corrected chi connectivity index (χ2v) is 4.58. The molecule has 0 atom stereocenters. The van der Waals surface area contributed by atoms with Gasteiger partial charge >= 0.3 is 5.97 Å². The van der Waals surface area contributed by atoms with Gasteiger partial charge in [0.2, 0.25) is 0 Å². The first-order valence-electron chi connectivity index (χ1n) is 6.36. The summed E-state index contributed by atoms with van der Waals surface area (Å²) in [6.45, 7) is 7.52. The average molecular weight is 252 g/mol. The Hall–Kier alpha value is -1.40. The maximum absolute atomic E-state index is 10.6. The maximum Gasteiger partial charge on any atom is 0.317 e. The van der Waals surface area contributed by atoms with Crippen LogP contribution in [0, 0.1) is 0 Å². The highest BCUT2D eigenvalue weighted by Gasteiger charge is 2.19. The van der Waals surface area contributed by atoms with E-state index in [1.165, 1.54) is 5.69 Å². The maximum atomic E-state index is 10.6. The van der Waals surface area contributed by atoms with E-state index in [0.29, 0.717) is 0 Å². The number of hydrogen-bond donors (Lipinski definition) is 1. The minimum absolute atomic E-state index is 0.154. The largest absolute Gasteiger partial charge is 0.480 e. The number of piperazine rings is 1. The quantitative estimate of drug-likeness (QED) is 0.805. The van der Waals surface area contributed by atoms with Crippen molar-refractivity contribution in [2.24, 2.45) is 0 Å². The SMILES string of the molecule is CCn1nccc1CN1CCN(CC(=O)O)CC1. The fourth-order valence-electron chi connectivity index (χ4n) is 2.31.